The van der Waals surface area contributed by atoms with E-state index >= 15 is 0 Å². The summed E-state index contributed by atoms with van der Waals surface area (Å²) < 4.78 is 5.64. The number of nitrogens with one attached hydrogen (secondary N) is 1. The molecule has 1 aromatic heterocycles. The molecule has 1 N–H and O–H groups in total. The van der Waals surface area contributed by atoms with Gasteiger partial charge in [0.1, 0.15) is 0 Å². The predicted molar refractivity (Wildman–Crippen MR) is 110 cm³/mol. The van der Waals surface area contributed by atoms with Crippen molar-refractivity contribution >= 4 is 16.5 Å². The van der Waals surface area contributed by atoms with Gasteiger partial charge in [-0.05, 0) is 54.5 Å². The Balaban J connectivity index is 1.82. The second kappa shape index (κ2) is 7.46. The maximum Gasteiger partial charge on any atom is 0.0784 e. The van der Waals surface area contributed by atoms with Crippen LogP contribution >= 0.6 is 0 Å². The van der Waals surface area contributed by atoms with Gasteiger partial charge < -0.3 is 10.1 Å². The van der Waals surface area contributed by atoms with Gasteiger partial charge in [-0.25, -0.2) is 0 Å². The van der Waals surface area contributed by atoms with Gasteiger partial charge in [0, 0.05) is 41.7 Å². The van der Waals surface area contributed by atoms with Gasteiger partial charge in [-0.3, -0.25) is 4.98 Å². The molecule has 0 bridgehead atoms. The average molecular weight is 348 g/mol. The van der Waals surface area contributed by atoms with Crippen LogP contribution in [0.1, 0.15) is 33.6 Å². The molecule has 1 heterocycles. The van der Waals surface area contributed by atoms with Crippen LogP contribution in [0.5, 0.6) is 0 Å². The molecule has 0 saturated heterocycles. The highest BCUT2D eigenvalue weighted by molar-refractivity contribution is 5.93. The third-order valence-corrected chi connectivity index (χ3v) is 5.38. The molecule has 0 fully saturated rings. The van der Waals surface area contributed by atoms with E-state index in [1.165, 1.54) is 11.1 Å². The highest BCUT2D eigenvalue weighted by Crippen LogP contribution is 2.41. The number of benzene rings is 1. The van der Waals surface area contributed by atoms with E-state index in [0.717, 1.165) is 35.0 Å². The molecule has 1 aromatic carbocycles. The number of ether oxygens (including phenoxy) is 1. The van der Waals surface area contributed by atoms with Crippen LogP contribution < -0.4 is 5.32 Å². The van der Waals surface area contributed by atoms with Gasteiger partial charge in [0.05, 0.1) is 6.10 Å². The van der Waals surface area contributed by atoms with Crippen molar-refractivity contribution in [3.05, 3.63) is 72.2 Å². The zero-order valence-corrected chi connectivity index (χ0v) is 16.2. The second-order valence-corrected chi connectivity index (χ2v) is 7.63. The Morgan fingerprint density at radius 1 is 1.35 bits per heavy atom. The van der Waals surface area contributed by atoms with Crippen LogP contribution in [0.25, 0.3) is 10.8 Å². The number of aromatic nitrogens is 1. The van der Waals surface area contributed by atoms with E-state index in [-0.39, 0.29) is 11.5 Å². The fraction of sp³-hybridized carbons (Fsp3) is 0.348. The number of allylic oxidation sites excluding steroid dienone is 3. The number of methoxy groups -OCH3 is 1. The molecule has 136 valence electrons. The first-order chi connectivity index (χ1) is 12.4. The van der Waals surface area contributed by atoms with E-state index in [2.05, 4.69) is 61.9 Å². The first-order valence-corrected chi connectivity index (χ1v) is 9.13. The molecular formula is C23H28N2O. The highest BCUT2D eigenvalue weighted by atomic mass is 16.5. The summed E-state index contributed by atoms with van der Waals surface area (Å²) in [6.45, 7) is 11.0. The van der Waals surface area contributed by atoms with Crippen LogP contribution in [0.15, 0.2) is 72.2 Å². The minimum Gasteiger partial charge on any atom is -0.377 e. The molecule has 0 radical (unpaired) electrons. The number of anilines is 1. The van der Waals surface area contributed by atoms with Crippen LogP contribution in [0, 0.1) is 5.41 Å². The first-order valence-electron chi connectivity index (χ1n) is 9.13. The Kier molecular flexibility index (Phi) is 5.28. The van der Waals surface area contributed by atoms with Gasteiger partial charge in [0.2, 0.25) is 0 Å². The van der Waals surface area contributed by atoms with Crippen molar-refractivity contribution < 1.29 is 4.74 Å². The summed E-state index contributed by atoms with van der Waals surface area (Å²) in [6, 6.07) is 8.19. The van der Waals surface area contributed by atoms with Crippen molar-refractivity contribution in [3.63, 3.8) is 0 Å². The molecule has 26 heavy (non-hydrogen) atoms. The molecule has 3 rings (SSSR count). The lowest BCUT2D eigenvalue weighted by atomic mass is 9.71. The molecule has 1 aliphatic carbocycles. The quantitative estimate of drug-likeness (QED) is 0.686. The molecule has 1 aliphatic rings. The van der Waals surface area contributed by atoms with E-state index in [0.29, 0.717) is 0 Å². The zero-order chi connectivity index (χ0) is 18.7. The SMILES string of the molecule is C=C(/C=C/C1=C(C)C(OC)CCC1(C)C)Nc1cccc2cnccc12. The van der Waals surface area contributed by atoms with Gasteiger partial charge in [0.15, 0.2) is 0 Å². The van der Waals surface area contributed by atoms with Crippen molar-refractivity contribution in [3.8, 4) is 0 Å². The van der Waals surface area contributed by atoms with Crippen LogP contribution in [-0.4, -0.2) is 18.2 Å². The number of nitrogens with zero attached hydrogens (tertiary/aromatic N) is 1. The molecule has 1 atom stereocenters. The molecule has 3 heteroatoms. The van der Waals surface area contributed by atoms with Crippen molar-refractivity contribution in [2.24, 2.45) is 5.41 Å². The van der Waals surface area contributed by atoms with Crippen LogP contribution in [0.2, 0.25) is 0 Å². The lowest BCUT2D eigenvalue weighted by Crippen LogP contribution is -2.28. The van der Waals surface area contributed by atoms with E-state index in [4.69, 9.17) is 4.74 Å². The van der Waals surface area contributed by atoms with E-state index < -0.39 is 0 Å². The molecule has 2 aromatic rings. The van der Waals surface area contributed by atoms with Crippen LogP contribution in [0.3, 0.4) is 0 Å². The first kappa shape index (κ1) is 18.4. The Hall–Kier alpha value is -2.39. The largest absolute Gasteiger partial charge is 0.377 e. The Morgan fingerprint density at radius 2 is 2.15 bits per heavy atom. The minimum absolute atomic E-state index is 0.154. The van der Waals surface area contributed by atoms with Crippen molar-refractivity contribution in [2.45, 2.75) is 39.7 Å². The van der Waals surface area contributed by atoms with Crippen LogP contribution in [0.4, 0.5) is 5.69 Å². The molecular weight excluding hydrogens is 320 g/mol. The zero-order valence-electron chi connectivity index (χ0n) is 16.2. The highest BCUT2D eigenvalue weighted by Gasteiger charge is 2.31. The molecule has 0 amide bonds. The molecule has 0 spiro atoms. The van der Waals surface area contributed by atoms with Gasteiger partial charge in [-0.2, -0.15) is 0 Å². The number of hydrogen-bond acceptors (Lipinski definition) is 3. The third-order valence-electron chi connectivity index (χ3n) is 5.38. The Bertz CT molecular complexity index is 871. The van der Waals surface area contributed by atoms with Crippen molar-refractivity contribution in [1.82, 2.24) is 4.98 Å². The van der Waals surface area contributed by atoms with Gasteiger partial charge in [0.25, 0.3) is 0 Å². The van der Waals surface area contributed by atoms with E-state index in [9.17, 15) is 0 Å². The lowest BCUT2D eigenvalue weighted by Gasteiger charge is -2.36. The fourth-order valence-electron chi connectivity index (χ4n) is 3.83. The standard InChI is InChI=1S/C23H28N2O/c1-16(25-21-8-6-7-18-15-24-14-12-19(18)21)9-10-20-17(2)22(26-5)11-13-23(20,3)4/h6-10,12,14-15,22,25H,1,11,13H2,2-5H3/b10-9+. The summed E-state index contributed by atoms with van der Waals surface area (Å²) >= 11 is 0. The second-order valence-electron chi connectivity index (χ2n) is 7.63. The summed E-state index contributed by atoms with van der Waals surface area (Å²) in [6.07, 6.45) is 10.4. The van der Waals surface area contributed by atoms with Gasteiger partial charge in [-0.1, -0.05) is 38.6 Å². The number of pyridine rings is 1. The maximum atomic E-state index is 5.64. The van der Waals surface area contributed by atoms with Gasteiger partial charge in [-0.15, -0.1) is 0 Å². The normalized spacial score (nSPS) is 19.9. The predicted octanol–water partition coefficient (Wildman–Crippen LogP) is 5.87. The van der Waals surface area contributed by atoms with E-state index in [1.807, 2.05) is 24.5 Å². The smallest absolute Gasteiger partial charge is 0.0784 e. The number of rotatable bonds is 5. The molecule has 1 unspecified atom stereocenters. The summed E-state index contributed by atoms with van der Waals surface area (Å²) in [5.41, 5.74) is 4.73. The molecule has 0 saturated carbocycles. The fourth-order valence-corrected chi connectivity index (χ4v) is 3.83. The monoisotopic (exact) mass is 348 g/mol. The summed E-state index contributed by atoms with van der Waals surface area (Å²) in [4.78, 5) is 4.19. The minimum atomic E-state index is 0.154. The van der Waals surface area contributed by atoms with Crippen molar-refractivity contribution in [1.29, 1.82) is 0 Å². The number of fused-ring (bicyclic) bond motifs is 1. The van der Waals surface area contributed by atoms with Gasteiger partial charge >= 0.3 is 0 Å². The molecule has 3 nitrogen and oxygen atoms in total. The molecule has 0 aliphatic heterocycles. The summed E-state index contributed by atoms with van der Waals surface area (Å²) in [5.74, 6) is 0. The Morgan fingerprint density at radius 3 is 2.92 bits per heavy atom. The Labute approximate surface area is 156 Å². The lowest BCUT2D eigenvalue weighted by molar-refractivity contribution is 0.101. The van der Waals surface area contributed by atoms with Crippen molar-refractivity contribution in [2.75, 3.05) is 12.4 Å². The summed E-state index contributed by atoms with van der Waals surface area (Å²) in [5, 5.41) is 5.69. The maximum absolute atomic E-state index is 5.64. The van der Waals surface area contributed by atoms with Crippen LogP contribution in [-0.2, 0) is 4.74 Å². The topological polar surface area (TPSA) is 34.1 Å². The summed E-state index contributed by atoms with van der Waals surface area (Å²) in [7, 11) is 1.80. The number of hydrogen-bond donors (Lipinski definition) is 1. The van der Waals surface area contributed by atoms with E-state index in [1.54, 1.807) is 7.11 Å². The average Bonchev–Trinajstić information content (AvgIpc) is 2.61. The third kappa shape index (κ3) is 3.73.